The second kappa shape index (κ2) is 6.86. The van der Waals surface area contributed by atoms with E-state index >= 15 is 0 Å². The SMILES string of the molecule is O=C(CCn1cc([N+](=O)[O-])cn1)Nc1n[nH]c(-c2ccccc2F)n1. The molecule has 0 radical (unpaired) electrons. The summed E-state index contributed by atoms with van der Waals surface area (Å²) in [7, 11) is 0. The molecule has 0 aliphatic rings. The van der Waals surface area contributed by atoms with Gasteiger partial charge >= 0.3 is 5.69 Å². The molecule has 25 heavy (non-hydrogen) atoms. The number of benzene rings is 1. The van der Waals surface area contributed by atoms with Gasteiger partial charge in [-0.1, -0.05) is 12.1 Å². The van der Waals surface area contributed by atoms with Gasteiger partial charge in [0, 0.05) is 13.0 Å². The molecule has 1 amide bonds. The van der Waals surface area contributed by atoms with E-state index in [0.29, 0.717) is 0 Å². The van der Waals surface area contributed by atoms with Crippen LogP contribution in [0.3, 0.4) is 0 Å². The predicted molar refractivity (Wildman–Crippen MR) is 83.9 cm³/mol. The fourth-order valence-electron chi connectivity index (χ4n) is 2.06. The van der Waals surface area contributed by atoms with Gasteiger partial charge in [-0.3, -0.25) is 30.0 Å². The standard InChI is InChI=1S/C14H12FN7O3/c15-11-4-2-1-3-10(11)13-18-14(20-19-13)17-12(23)5-6-21-8-9(7-16-21)22(24)25/h1-4,7-8H,5-6H2,(H2,17,18,19,20,23). The third-order valence-electron chi connectivity index (χ3n) is 3.26. The summed E-state index contributed by atoms with van der Waals surface area (Å²) in [6, 6.07) is 6.03. The summed E-state index contributed by atoms with van der Waals surface area (Å²) < 4.78 is 15.0. The number of nitrogens with one attached hydrogen (secondary N) is 2. The molecule has 0 saturated carbocycles. The van der Waals surface area contributed by atoms with Gasteiger partial charge in [0.1, 0.15) is 18.2 Å². The van der Waals surface area contributed by atoms with Gasteiger partial charge in [0.05, 0.1) is 10.5 Å². The van der Waals surface area contributed by atoms with Gasteiger partial charge in [-0.15, -0.1) is 5.10 Å². The molecule has 0 aliphatic carbocycles. The number of aromatic nitrogens is 5. The van der Waals surface area contributed by atoms with E-state index in [9.17, 15) is 19.3 Å². The smallest absolute Gasteiger partial charge is 0.293 e. The van der Waals surface area contributed by atoms with Crippen LogP contribution < -0.4 is 5.32 Å². The van der Waals surface area contributed by atoms with E-state index in [4.69, 9.17) is 0 Å². The zero-order chi connectivity index (χ0) is 17.8. The molecular formula is C14H12FN7O3. The van der Waals surface area contributed by atoms with Gasteiger partial charge in [-0.2, -0.15) is 10.1 Å². The number of amides is 1. The van der Waals surface area contributed by atoms with Crippen LogP contribution in [0.2, 0.25) is 0 Å². The average Bonchev–Trinajstić information content (AvgIpc) is 3.23. The number of halogens is 1. The van der Waals surface area contributed by atoms with Gasteiger partial charge in [-0.25, -0.2) is 4.39 Å². The Hall–Kier alpha value is -3.63. The normalized spacial score (nSPS) is 10.6. The topological polar surface area (TPSA) is 132 Å². The van der Waals surface area contributed by atoms with Crippen molar-refractivity contribution in [2.75, 3.05) is 5.32 Å². The first-order valence-corrected chi connectivity index (χ1v) is 7.17. The summed E-state index contributed by atoms with van der Waals surface area (Å²) >= 11 is 0. The zero-order valence-corrected chi connectivity index (χ0v) is 12.7. The van der Waals surface area contributed by atoms with Crippen LogP contribution in [-0.2, 0) is 11.3 Å². The van der Waals surface area contributed by atoms with Gasteiger partial charge in [0.2, 0.25) is 11.9 Å². The lowest BCUT2D eigenvalue weighted by atomic mass is 10.2. The summed E-state index contributed by atoms with van der Waals surface area (Å²) in [6.45, 7) is 0.157. The van der Waals surface area contributed by atoms with Crippen molar-refractivity contribution in [1.82, 2.24) is 25.0 Å². The number of carbonyl (C=O) groups excluding carboxylic acids is 1. The molecular weight excluding hydrogens is 333 g/mol. The van der Waals surface area contributed by atoms with E-state index in [1.165, 1.54) is 23.0 Å². The molecule has 0 bridgehead atoms. The highest BCUT2D eigenvalue weighted by molar-refractivity contribution is 5.89. The van der Waals surface area contributed by atoms with E-state index in [2.05, 4.69) is 25.6 Å². The van der Waals surface area contributed by atoms with Crippen molar-refractivity contribution in [3.63, 3.8) is 0 Å². The van der Waals surface area contributed by atoms with E-state index in [-0.39, 0.29) is 36.0 Å². The zero-order valence-electron chi connectivity index (χ0n) is 12.7. The highest BCUT2D eigenvalue weighted by atomic mass is 19.1. The molecule has 0 fully saturated rings. The number of nitro groups is 1. The summed E-state index contributed by atoms with van der Waals surface area (Å²) in [5.74, 6) is -0.667. The summed E-state index contributed by atoms with van der Waals surface area (Å²) in [4.78, 5) is 25.9. The van der Waals surface area contributed by atoms with Crippen molar-refractivity contribution in [3.05, 3.63) is 52.6 Å². The fraction of sp³-hybridized carbons (Fsp3) is 0.143. The maximum Gasteiger partial charge on any atom is 0.306 e. The minimum Gasteiger partial charge on any atom is -0.293 e. The molecule has 1 aromatic carbocycles. The van der Waals surface area contributed by atoms with Gasteiger partial charge in [0.25, 0.3) is 0 Å². The molecule has 0 spiro atoms. The van der Waals surface area contributed by atoms with E-state index in [0.717, 1.165) is 6.20 Å². The second-order valence-electron chi connectivity index (χ2n) is 5.00. The molecule has 3 aromatic rings. The van der Waals surface area contributed by atoms with Crippen LogP contribution in [0.1, 0.15) is 6.42 Å². The summed E-state index contributed by atoms with van der Waals surface area (Å²) in [5.41, 5.74) is 0.0863. The number of carbonyl (C=O) groups is 1. The number of nitrogens with zero attached hydrogens (tertiary/aromatic N) is 5. The molecule has 10 nitrogen and oxygen atoms in total. The van der Waals surface area contributed by atoms with Crippen LogP contribution >= 0.6 is 0 Å². The molecule has 0 atom stereocenters. The van der Waals surface area contributed by atoms with Crippen molar-refractivity contribution in [2.45, 2.75) is 13.0 Å². The van der Waals surface area contributed by atoms with Gasteiger partial charge in [0.15, 0.2) is 5.82 Å². The Kier molecular flexibility index (Phi) is 4.46. The lowest BCUT2D eigenvalue weighted by molar-refractivity contribution is -0.385. The molecule has 2 aromatic heterocycles. The first-order chi connectivity index (χ1) is 12.0. The highest BCUT2D eigenvalue weighted by Gasteiger charge is 2.13. The Morgan fingerprint density at radius 3 is 2.92 bits per heavy atom. The van der Waals surface area contributed by atoms with Crippen molar-refractivity contribution in [1.29, 1.82) is 0 Å². The molecule has 128 valence electrons. The minimum atomic E-state index is -0.568. The number of rotatable bonds is 6. The van der Waals surface area contributed by atoms with Crippen LogP contribution in [0.25, 0.3) is 11.4 Å². The van der Waals surface area contributed by atoms with Crippen LogP contribution in [0.4, 0.5) is 16.0 Å². The Morgan fingerprint density at radius 2 is 2.20 bits per heavy atom. The summed E-state index contributed by atoms with van der Waals surface area (Å²) in [6.07, 6.45) is 2.35. The fourth-order valence-corrected chi connectivity index (χ4v) is 2.06. The van der Waals surface area contributed by atoms with E-state index in [1.54, 1.807) is 12.1 Å². The number of H-pyrrole nitrogens is 1. The number of hydrogen-bond acceptors (Lipinski definition) is 6. The first-order valence-electron chi connectivity index (χ1n) is 7.17. The number of hydrogen-bond donors (Lipinski definition) is 2. The van der Waals surface area contributed by atoms with Crippen LogP contribution in [-0.4, -0.2) is 35.8 Å². The van der Waals surface area contributed by atoms with E-state index in [1.807, 2.05) is 0 Å². The van der Waals surface area contributed by atoms with Crippen molar-refractivity contribution in [2.24, 2.45) is 0 Å². The molecule has 2 heterocycles. The molecule has 0 saturated heterocycles. The van der Waals surface area contributed by atoms with Crippen molar-refractivity contribution in [3.8, 4) is 11.4 Å². The Morgan fingerprint density at radius 1 is 1.40 bits per heavy atom. The largest absolute Gasteiger partial charge is 0.306 e. The average molecular weight is 345 g/mol. The number of anilines is 1. The van der Waals surface area contributed by atoms with Crippen LogP contribution in [0, 0.1) is 15.9 Å². The van der Waals surface area contributed by atoms with Gasteiger partial charge in [-0.05, 0) is 12.1 Å². The molecule has 11 heteroatoms. The number of aromatic amines is 1. The van der Waals surface area contributed by atoms with Crippen LogP contribution in [0.5, 0.6) is 0 Å². The first kappa shape index (κ1) is 16.2. The lowest BCUT2D eigenvalue weighted by Crippen LogP contribution is -2.15. The van der Waals surface area contributed by atoms with Crippen molar-refractivity contribution >= 4 is 17.5 Å². The molecule has 2 N–H and O–H groups in total. The second-order valence-corrected chi connectivity index (χ2v) is 5.00. The van der Waals surface area contributed by atoms with Gasteiger partial charge < -0.3 is 0 Å². The maximum absolute atomic E-state index is 13.7. The minimum absolute atomic E-state index is 0.00898. The Balaban J connectivity index is 1.58. The number of aryl methyl sites for hydroxylation is 1. The predicted octanol–water partition coefficient (Wildman–Crippen LogP) is 1.74. The van der Waals surface area contributed by atoms with E-state index < -0.39 is 16.6 Å². The third-order valence-corrected chi connectivity index (χ3v) is 3.26. The molecule has 3 rings (SSSR count). The van der Waals surface area contributed by atoms with Crippen LogP contribution in [0.15, 0.2) is 36.7 Å². The van der Waals surface area contributed by atoms with Crippen molar-refractivity contribution < 1.29 is 14.1 Å². The highest BCUT2D eigenvalue weighted by Crippen LogP contribution is 2.19. The molecule has 0 aliphatic heterocycles. The Labute approximate surface area is 139 Å². The third kappa shape index (κ3) is 3.83. The monoisotopic (exact) mass is 345 g/mol. The Bertz CT molecular complexity index is 921. The maximum atomic E-state index is 13.7. The summed E-state index contributed by atoms with van der Waals surface area (Å²) in [5, 5.41) is 23.2. The quantitative estimate of drug-likeness (QED) is 0.517. The lowest BCUT2D eigenvalue weighted by Gasteiger charge is -2.01. The molecule has 0 unspecified atom stereocenters.